The van der Waals surface area contributed by atoms with Gasteiger partial charge in [-0.15, -0.1) is 0 Å². The van der Waals surface area contributed by atoms with E-state index in [1.807, 2.05) is 63.3 Å². The minimum absolute atomic E-state index is 0.306. The summed E-state index contributed by atoms with van der Waals surface area (Å²) in [4.78, 5) is 0. The fourth-order valence-electron chi connectivity index (χ4n) is 1.25. The van der Waals surface area contributed by atoms with E-state index in [4.69, 9.17) is 12.2 Å². The molecule has 1 aromatic carbocycles. The average molecular weight is 261 g/mol. The molecule has 3 nitrogen and oxygen atoms in total. The van der Waals surface area contributed by atoms with E-state index < -0.39 is 0 Å². The molecule has 0 bridgehead atoms. The molecule has 2 N–H and O–H groups in total. The lowest BCUT2D eigenvalue weighted by Gasteiger charge is -2.09. The Kier molecular flexibility index (Phi) is 6.08. The first kappa shape index (κ1) is 14.4. The summed E-state index contributed by atoms with van der Waals surface area (Å²) in [6.07, 6.45) is 3.96. The van der Waals surface area contributed by atoms with E-state index >= 15 is 0 Å². The molecule has 0 heterocycles. The predicted octanol–water partition coefficient (Wildman–Crippen LogP) is 2.95. The quantitative estimate of drug-likeness (QED) is 0.497. The lowest BCUT2D eigenvalue weighted by Crippen LogP contribution is -2.37. The van der Waals surface area contributed by atoms with Gasteiger partial charge >= 0.3 is 0 Å². The molecule has 0 atom stereocenters. The van der Waals surface area contributed by atoms with Gasteiger partial charge in [0.05, 0.1) is 5.71 Å². The van der Waals surface area contributed by atoms with Crippen molar-refractivity contribution in [1.29, 1.82) is 0 Å². The third-order valence-corrected chi connectivity index (χ3v) is 2.28. The fraction of sp³-hybridized carbons (Fsp3) is 0.286. The van der Waals surface area contributed by atoms with Crippen molar-refractivity contribution < 1.29 is 0 Å². The minimum atomic E-state index is 0.306. The normalized spacial score (nSPS) is 11.9. The molecular weight excluding hydrogens is 242 g/mol. The van der Waals surface area contributed by atoms with E-state index in [-0.39, 0.29) is 0 Å². The summed E-state index contributed by atoms with van der Waals surface area (Å²) in [6.45, 7) is 5.98. The van der Waals surface area contributed by atoms with Gasteiger partial charge in [0.25, 0.3) is 0 Å². The second kappa shape index (κ2) is 7.61. The predicted molar refractivity (Wildman–Crippen MR) is 82.6 cm³/mol. The molecule has 0 saturated heterocycles. The Labute approximate surface area is 114 Å². The number of allylic oxidation sites excluding steroid dienone is 1. The second-order valence-corrected chi connectivity index (χ2v) is 4.65. The summed E-state index contributed by atoms with van der Waals surface area (Å²) < 4.78 is 0. The van der Waals surface area contributed by atoms with Crippen LogP contribution in [0.25, 0.3) is 6.08 Å². The molecule has 0 fully saturated rings. The lowest BCUT2D eigenvalue weighted by molar-refractivity contribution is 0.719. The average Bonchev–Trinajstić information content (AvgIpc) is 2.34. The first-order chi connectivity index (χ1) is 8.58. The van der Waals surface area contributed by atoms with Gasteiger partial charge in [0.1, 0.15) is 0 Å². The molecule has 0 aliphatic rings. The number of rotatable bonds is 4. The maximum atomic E-state index is 5.07. The van der Waals surface area contributed by atoms with Crippen molar-refractivity contribution in [2.24, 2.45) is 5.10 Å². The monoisotopic (exact) mass is 261 g/mol. The second-order valence-electron chi connectivity index (χ2n) is 4.24. The molecule has 0 amide bonds. The first-order valence-corrected chi connectivity index (χ1v) is 6.32. The maximum Gasteiger partial charge on any atom is 0.187 e. The van der Waals surface area contributed by atoms with Crippen LogP contribution in [-0.4, -0.2) is 16.9 Å². The summed E-state index contributed by atoms with van der Waals surface area (Å²) in [7, 11) is 0. The zero-order valence-corrected chi connectivity index (χ0v) is 11.8. The fourth-order valence-corrected chi connectivity index (χ4v) is 1.53. The molecule has 0 radical (unpaired) electrons. The summed E-state index contributed by atoms with van der Waals surface area (Å²) in [5.74, 6) is 0. The number of nitrogens with one attached hydrogen (secondary N) is 2. The van der Waals surface area contributed by atoms with Gasteiger partial charge in [0.15, 0.2) is 5.11 Å². The van der Waals surface area contributed by atoms with Crippen molar-refractivity contribution >= 4 is 29.1 Å². The van der Waals surface area contributed by atoms with E-state index in [2.05, 4.69) is 15.8 Å². The molecule has 0 aliphatic carbocycles. The van der Waals surface area contributed by atoms with Crippen molar-refractivity contribution in [2.45, 2.75) is 26.8 Å². The number of nitrogens with zero attached hydrogens (tertiary/aromatic N) is 1. The topological polar surface area (TPSA) is 36.4 Å². The van der Waals surface area contributed by atoms with Gasteiger partial charge < -0.3 is 5.32 Å². The molecule has 1 rings (SSSR count). The SMILES string of the molecule is CC(C=Cc1ccccc1)=NNC(=S)NC(C)C. The highest BCUT2D eigenvalue weighted by Gasteiger charge is 1.95. The van der Waals surface area contributed by atoms with Crippen molar-refractivity contribution in [3.63, 3.8) is 0 Å². The van der Waals surface area contributed by atoms with Crippen LogP contribution in [-0.2, 0) is 0 Å². The van der Waals surface area contributed by atoms with Gasteiger partial charge in [-0.1, -0.05) is 36.4 Å². The summed E-state index contributed by atoms with van der Waals surface area (Å²) in [5.41, 5.74) is 4.82. The summed E-state index contributed by atoms with van der Waals surface area (Å²) in [5, 5.41) is 7.77. The van der Waals surface area contributed by atoms with Crippen LogP contribution in [0.15, 0.2) is 41.5 Å². The van der Waals surface area contributed by atoms with Crippen LogP contribution in [0.1, 0.15) is 26.3 Å². The highest BCUT2D eigenvalue weighted by Crippen LogP contribution is 2.00. The highest BCUT2D eigenvalue weighted by atomic mass is 32.1. The van der Waals surface area contributed by atoms with Gasteiger partial charge in [-0.2, -0.15) is 5.10 Å². The van der Waals surface area contributed by atoms with Crippen LogP contribution in [0.4, 0.5) is 0 Å². The smallest absolute Gasteiger partial charge is 0.187 e. The molecule has 0 unspecified atom stereocenters. The number of hydrogen-bond acceptors (Lipinski definition) is 2. The Bertz CT molecular complexity index is 436. The standard InChI is InChI=1S/C14H19N3S/c1-11(2)15-14(18)17-16-12(3)9-10-13-7-5-4-6-8-13/h4-11H,1-3H3,(H2,15,17,18). The van der Waals surface area contributed by atoms with E-state index in [0.29, 0.717) is 11.2 Å². The number of hydrogen-bond donors (Lipinski definition) is 2. The first-order valence-electron chi connectivity index (χ1n) is 5.92. The zero-order chi connectivity index (χ0) is 13.4. The molecule has 96 valence electrons. The number of thiocarbonyl (C=S) groups is 1. The van der Waals surface area contributed by atoms with E-state index in [1.54, 1.807) is 0 Å². The Morgan fingerprint density at radius 3 is 2.56 bits per heavy atom. The van der Waals surface area contributed by atoms with Gasteiger partial charge in [-0.25, -0.2) is 0 Å². The minimum Gasteiger partial charge on any atom is -0.359 e. The highest BCUT2D eigenvalue weighted by molar-refractivity contribution is 7.80. The Morgan fingerprint density at radius 2 is 1.94 bits per heavy atom. The van der Waals surface area contributed by atoms with Gasteiger partial charge in [-0.3, -0.25) is 5.43 Å². The molecular formula is C14H19N3S. The van der Waals surface area contributed by atoms with Crippen molar-refractivity contribution in [3.8, 4) is 0 Å². The molecule has 18 heavy (non-hydrogen) atoms. The van der Waals surface area contributed by atoms with Crippen LogP contribution in [0.5, 0.6) is 0 Å². The summed E-state index contributed by atoms with van der Waals surface area (Å²) >= 11 is 5.07. The van der Waals surface area contributed by atoms with Crippen LogP contribution in [0.2, 0.25) is 0 Å². The van der Waals surface area contributed by atoms with Gasteiger partial charge in [0, 0.05) is 6.04 Å². The van der Waals surface area contributed by atoms with Crippen LogP contribution in [0, 0.1) is 0 Å². The van der Waals surface area contributed by atoms with Gasteiger partial charge in [0.2, 0.25) is 0 Å². The van der Waals surface area contributed by atoms with Crippen molar-refractivity contribution in [1.82, 2.24) is 10.7 Å². The third kappa shape index (κ3) is 6.15. The molecule has 1 aromatic rings. The Balaban J connectivity index is 2.47. The van der Waals surface area contributed by atoms with Crippen molar-refractivity contribution in [3.05, 3.63) is 42.0 Å². The molecule has 0 aromatic heterocycles. The Hall–Kier alpha value is -1.68. The number of benzene rings is 1. The molecule has 4 heteroatoms. The summed E-state index contributed by atoms with van der Waals surface area (Å²) in [6, 6.07) is 10.4. The van der Waals surface area contributed by atoms with Crippen LogP contribution >= 0.6 is 12.2 Å². The van der Waals surface area contributed by atoms with Crippen LogP contribution in [0.3, 0.4) is 0 Å². The Morgan fingerprint density at radius 1 is 1.28 bits per heavy atom. The third-order valence-electron chi connectivity index (χ3n) is 2.07. The van der Waals surface area contributed by atoms with E-state index in [0.717, 1.165) is 11.3 Å². The number of hydrazone groups is 1. The van der Waals surface area contributed by atoms with E-state index in [9.17, 15) is 0 Å². The van der Waals surface area contributed by atoms with E-state index in [1.165, 1.54) is 0 Å². The zero-order valence-electron chi connectivity index (χ0n) is 11.0. The van der Waals surface area contributed by atoms with Crippen molar-refractivity contribution in [2.75, 3.05) is 0 Å². The molecule has 0 spiro atoms. The largest absolute Gasteiger partial charge is 0.359 e. The van der Waals surface area contributed by atoms with Crippen LogP contribution < -0.4 is 10.7 Å². The van der Waals surface area contributed by atoms with Gasteiger partial charge in [-0.05, 0) is 44.6 Å². The molecule has 0 saturated carbocycles. The lowest BCUT2D eigenvalue weighted by atomic mass is 10.2. The molecule has 0 aliphatic heterocycles. The maximum absolute atomic E-state index is 5.07.